The number of primary amides is 1. The predicted octanol–water partition coefficient (Wildman–Crippen LogP) is 2.66. The molecular formula is C17H18N4O2S. The van der Waals surface area contributed by atoms with Crippen molar-refractivity contribution in [2.24, 2.45) is 15.9 Å². The zero-order chi connectivity index (χ0) is 17.3. The SMILES string of the molecule is CC1(C)OC(N)=NSC1c1ccc(-c2ccnc(C(N)=O)c2)cc1. The Labute approximate surface area is 144 Å². The molecule has 1 aromatic heterocycles. The van der Waals surface area contributed by atoms with Crippen molar-refractivity contribution in [3.8, 4) is 11.1 Å². The second-order valence-corrected chi connectivity index (χ2v) is 6.90. The monoisotopic (exact) mass is 342 g/mol. The lowest BCUT2D eigenvalue weighted by atomic mass is 9.95. The predicted molar refractivity (Wildman–Crippen MR) is 95.3 cm³/mol. The van der Waals surface area contributed by atoms with E-state index < -0.39 is 11.5 Å². The molecule has 1 amide bonds. The standard InChI is InChI=1S/C17H18N4O2S/c1-17(2)14(24-21-16(19)23-17)11-5-3-10(4-6-11)12-7-8-20-13(9-12)15(18)22/h3-9,14H,1-2H3,(H2,18,22)(H2,19,21). The van der Waals surface area contributed by atoms with E-state index >= 15 is 0 Å². The summed E-state index contributed by atoms with van der Waals surface area (Å²) < 4.78 is 9.77. The van der Waals surface area contributed by atoms with Gasteiger partial charge in [-0.25, -0.2) is 0 Å². The molecule has 2 heterocycles. The normalized spacial score (nSPS) is 19.2. The Kier molecular flexibility index (Phi) is 4.19. The summed E-state index contributed by atoms with van der Waals surface area (Å²) in [7, 11) is 0. The molecule has 1 atom stereocenters. The molecular weight excluding hydrogens is 324 g/mol. The summed E-state index contributed by atoms with van der Waals surface area (Å²) in [5.74, 6) is -0.540. The van der Waals surface area contributed by atoms with E-state index in [4.69, 9.17) is 16.2 Å². The summed E-state index contributed by atoms with van der Waals surface area (Å²) in [6.07, 6.45) is 1.58. The highest BCUT2D eigenvalue weighted by Crippen LogP contribution is 2.44. The third kappa shape index (κ3) is 3.21. The third-order valence-electron chi connectivity index (χ3n) is 3.81. The van der Waals surface area contributed by atoms with E-state index in [-0.39, 0.29) is 17.0 Å². The minimum absolute atomic E-state index is 0.0393. The first-order valence-electron chi connectivity index (χ1n) is 7.41. The Balaban J connectivity index is 1.89. The third-order valence-corrected chi connectivity index (χ3v) is 5.14. The van der Waals surface area contributed by atoms with Gasteiger partial charge in [0.2, 0.25) is 0 Å². The molecule has 1 aliphatic rings. The molecule has 2 aromatic rings. The number of ether oxygens (including phenoxy) is 1. The number of carbonyl (C=O) groups excluding carboxylic acids is 1. The highest BCUT2D eigenvalue weighted by atomic mass is 32.2. The second kappa shape index (κ2) is 6.16. The van der Waals surface area contributed by atoms with E-state index in [1.54, 1.807) is 12.3 Å². The summed E-state index contributed by atoms with van der Waals surface area (Å²) in [5, 5.41) is 0.0393. The molecule has 124 valence electrons. The summed E-state index contributed by atoms with van der Waals surface area (Å²) in [5.41, 5.74) is 13.7. The smallest absolute Gasteiger partial charge is 0.294 e. The quantitative estimate of drug-likeness (QED) is 0.835. The van der Waals surface area contributed by atoms with Crippen LogP contribution in [0.2, 0.25) is 0 Å². The van der Waals surface area contributed by atoms with Crippen LogP contribution in [0.1, 0.15) is 35.1 Å². The number of hydrogen-bond donors (Lipinski definition) is 2. The van der Waals surface area contributed by atoms with Gasteiger partial charge < -0.3 is 16.2 Å². The van der Waals surface area contributed by atoms with Crippen molar-refractivity contribution >= 4 is 23.9 Å². The van der Waals surface area contributed by atoms with Crippen LogP contribution < -0.4 is 11.5 Å². The van der Waals surface area contributed by atoms with Gasteiger partial charge in [-0.1, -0.05) is 24.3 Å². The molecule has 4 N–H and O–H groups in total. The molecule has 1 unspecified atom stereocenters. The maximum absolute atomic E-state index is 11.3. The molecule has 0 fully saturated rings. The summed E-state index contributed by atoms with van der Waals surface area (Å²) in [6.45, 7) is 3.98. The number of amidine groups is 1. The molecule has 0 spiro atoms. The van der Waals surface area contributed by atoms with Crippen LogP contribution in [0.3, 0.4) is 0 Å². The van der Waals surface area contributed by atoms with Crippen molar-refractivity contribution in [3.05, 3.63) is 53.9 Å². The first-order chi connectivity index (χ1) is 11.4. The molecule has 0 radical (unpaired) electrons. The van der Waals surface area contributed by atoms with Gasteiger partial charge in [0.25, 0.3) is 11.9 Å². The molecule has 0 aliphatic carbocycles. The number of hydrogen-bond acceptors (Lipinski definition) is 6. The molecule has 1 aromatic carbocycles. The largest absolute Gasteiger partial charge is 0.457 e. The number of pyridine rings is 1. The van der Waals surface area contributed by atoms with Crippen LogP contribution in [-0.2, 0) is 4.74 Å². The number of benzene rings is 1. The Morgan fingerprint density at radius 3 is 2.54 bits per heavy atom. The Hall–Kier alpha value is -2.54. The highest BCUT2D eigenvalue weighted by Gasteiger charge is 2.37. The highest BCUT2D eigenvalue weighted by molar-refractivity contribution is 7.98. The van der Waals surface area contributed by atoms with Crippen molar-refractivity contribution in [3.63, 3.8) is 0 Å². The van der Waals surface area contributed by atoms with E-state index in [2.05, 4.69) is 9.38 Å². The first kappa shape index (κ1) is 16.3. The molecule has 0 saturated carbocycles. The van der Waals surface area contributed by atoms with Crippen molar-refractivity contribution < 1.29 is 9.53 Å². The first-order valence-corrected chi connectivity index (χ1v) is 8.25. The van der Waals surface area contributed by atoms with Crippen LogP contribution in [0.15, 0.2) is 47.0 Å². The van der Waals surface area contributed by atoms with E-state index in [0.717, 1.165) is 16.7 Å². The molecule has 0 bridgehead atoms. The lowest BCUT2D eigenvalue weighted by Gasteiger charge is -2.36. The van der Waals surface area contributed by atoms with Gasteiger partial charge >= 0.3 is 0 Å². The second-order valence-electron chi connectivity index (χ2n) is 6.04. The Bertz CT molecular complexity index is 802. The topological polar surface area (TPSA) is 104 Å². The van der Waals surface area contributed by atoms with Crippen molar-refractivity contribution in [2.75, 3.05) is 0 Å². The molecule has 0 saturated heterocycles. The van der Waals surface area contributed by atoms with E-state index in [1.165, 1.54) is 11.9 Å². The Morgan fingerprint density at radius 1 is 1.21 bits per heavy atom. The van der Waals surface area contributed by atoms with Crippen molar-refractivity contribution in [2.45, 2.75) is 24.7 Å². The van der Waals surface area contributed by atoms with Crippen LogP contribution >= 0.6 is 11.9 Å². The lowest BCUT2D eigenvalue weighted by Crippen LogP contribution is -2.39. The zero-order valence-corrected chi connectivity index (χ0v) is 14.2. The molecule has 3 rings (SSSR count). The lowest BCUT2D eigenvalue weighted by molar-refractivity contribution is 0.0869. The fraction of sp³-hybridized carbons (Fsp3) is 0.235. The van der Waals surface area contributed by atoms with Gasteiger partial charge in [0, 0.05) is 6.20 Å². The summed E-state index contributed by atoms with van der Waals surface area (Å²) in [4.78, 5) is 15.2. The number of aromatic nitrogens is 1. The fourth-order valence-corrected chi connectivity index (χ4v) is 3.46. The summed E-state index contributed by atoms with van der Waals surface area (Å²) >= 11 is 1.41. The molecule has 7 heteroatoms. The van der Waals surface area contributed by atoms with Crippen LogP contribution in [0.25, 0.3) is 11.1 Å². The van der Waals surface area contributed by atoms with Gasteiger partial charge in [0.15, 0.2) is 0 Å². The van der Waals surface area contributed by atoms with Gasteiger partial charge in [-0.05, 0) is 54.6 Å². The van der Waals surface area contributed by atoms with Gasteiger partial charge in [0.05, 0.1) is 5.25 Å². The maximum atomic E-state index is 11.3. The van der Waals surface area contributed by atoms with Crippen LogP contribution in [-0.4, -0.2) is 22.5 Å². The average molecular weight is 342 g/mol. The fourth-order valence-electron chi connectivity index (χ4n) is 2.63. The van der Waals surface area contributed by atoms with Crippen molar-refractivity contribution in [1.82, 2.24) is 4.98 Å². The van der Waals surface area contributed by atoms with Crippen LogP contribution in [0.5, 0.6) is 0 Å². The van der Waals surface area contributed by atoms with Crippen LogP contribution in [0.4, 0.5) is 0 Å². The van der Waals surface area contributed by atoms with E-state index in [9.17, 15) is 4.79 Å². The number of carbonyl (C=O) groups is 1. The van der Waals surface area contributed by atoms with Crippen molar-refractivity contribution in [1.29, 1.82) is 0 Å². The summed E-state index contributed by atoms with van der Waals surface area (Å²) in [6, 6.07) is 11.8. The number of amides is 1. The number of nitrogens with two attached hydrogens (primary N) is 2. The van der Waals surface area contributed by atoms with Crippen LogP contribution in [0, 0.1) is 0 Å². The number of rotatable bonds is 3. The van der Waals surface area contributed by atoms with Gasteiger partial charge in [0.1, 0.15) is 11.3 Å². The Morgan fingerprint density at radius 2 is 1.92 bits per heavy atom. The molecule has 6 nitrogen and oxygen atoms in total. The van der Waals surface area contributed by atoms with Gasteiger partial charge in [-0.15, -0.1) is 0 Å². The van der Waals surface area contributed by atoms with Gasteiger partial charge in [-0.3, -0.25) is 9.78 Å². The number of nitrogens with zero attached hydrogens (tertiary/aromatic N) is 2. The average Bonchev–Trinajstić information content (AvgIpc) is 2.54. The van der Waals surface area contributed by atoms with E-state index in [0.29, 0.717) is 0 Å². The van der Waals surface area contributed by atoms with E-state index in [1.807, 2.05) is 44.2 Å². The minimum Gasteiger partial charge on any atom is -0.457 e. The maximum Gasteiger partial charge on any atom is 0.294 e. The molecule has 1 aliphatic heterocycles. The zero-order valence-electron chi connectivity index (χ0n) is 13.4. The molecule has 24 heavy (non-hydrogen) atoms. The van der Waals surface area contributed by atoms with Gasteiger partial charge in [-0.2, -0.15) is 4.40 Å². The minimum atomic E-state index is -0.540.